The quantitative estimate of drug-likeness (QED) is 0.231. The predicted octanol–water partition coefficient (Wildman–Crippen LogP) is 9.02. The summed E-state index contributed by atoms with van der Waals surface area (Å²) >= 11 is 5.40. The van der Waals surface area contributed by atoms with E-state index < -0.39 is 0 Å². The number of hydrogen-bond acceptors (Lipinski definition) is 5. The molecule has 5 heteroatoms. The summed E-state index contributed by atoms with van der Waals surface area (Å²) in [5.41, 5.74) is 2.52. The fourth-order valence-electron chi connectivity index (χ4n) is 3.46. The lowest BCUT2D eigenvalue weighted by Gasteiger charge is -1.97. The molecule has 0 amide bonds. The smallest absolute Gasteiger partial charge is 0.133 e. The van der Waals surface area contributed by atoms with Crippen LogP contribution in [-0.4, -0.2) is 9.97 Å². The Morgan fingerprint density at radius 2 is 1.07 bits per heavy atom. The summed E-state index contributed by atoms with van der Waals surface area (Å²) in [4.78, 5) is 12.3. The molecule has 0 aliphatic heterocycles. The Morgan fingerprint density at radius 3 is 1.52 bits per heavy atom. The zero-order chi connectivity index (χ0) is 20.3. The Labute approximate surface area is 188 Å². The van der Waals surface area contributed by atoms with E-state index in [0.29, 0.717) is 0 Å². The topological polar surface area (TPSA) is 25.8 Å². The molecular weight excluding hydrogens is 412 g/mol. The number of thiazole rings is 2. The van der Waals surface area contributed by atoms with Crippen molar-refractivity contribution in [3.8, 4) is 19.8 Å². The molecule has 0 fully saturated rings. The van der Waals surface area contributed by atoms with E-state index in [1.165, 1.54) is 85.4 Å². The lowest BCUT2D eigenvalue weighted by atomic mass is 10.1. The molecule has 0 bridgehead atoms. The van der Waals surface area contributed by atoms with E-state index in [1.807, 2.05) is 11.3 Å². The zero-order valence-corrected chi connectivity index (χ0v) is 20.4. The first-order valence-corrected chi connectivity index (χ1v) is 13.9. The maximum atomic E-state index is 4.89. The standard InChI is InChI=1S/C24H34N2S3/c1-3-5-7-9-11-13-19-17-27-23(25-19)21-15-16-22(29-21)24-26-20(18-28-24)14-12-10-8-6-4-2/h15-18H,3-14H2,1-2H3. The Morgan fingerprint density at radius 1 is 0.621 bits per heavy atom. The van der Waals surface area contributed by atoms with Gasteiger partial charge in [0.1, 0.15) is 10.0 Å². The second-order valence-electron chi connectivity index (χ2n) is 7.78. The van der Waals surface area contributed by atoms with Gasteiger partial charge in [-0.1, -0.05) is 65.2 Å². The normalized spacial score (nSPS) is 11.4. The van der Waals surface area contributed by atoms with Crippen molar-refractivity contribution >= 4 is 34.0 Å². The van der Waals surface area contributed by atoms with Crippen molar-refractivity contribution < 1.29 is 0 Å². The molecule has 0 radical (unpaired) electrons. The minimum absolute atomic E-state index is 1.12. The summed E-state index contributed by atoms with van der Waals surface area (Å²) in [7, 11) is 0. The van der Waals surface area contributed by atoms with E-state index >= 15 is 0 Å². The van der Waals surface area contributed by atoms with E-state index in [-0.39, 0.29) is 0 Å². The molecule has 0 atom stereocenters. The van der Waals surface area contributed by atoms with Gasteiger partial charge in [0.05, 0.1) is 21.1 Å². The van der Waals surface area contributed by atoms with Gasteiger partial charge >= 0.3 is 0 Å². The lowest BCUT2D eigenvalue weighted by Crippen LogP contribution is -1.86. The summed E-state index contributed by atoms with van der Waals surface area (Å²) in [6, 6.07) is 4.44. The van der Waals surface area contributed by atoms with Crippen molar-refractivity contribution in [2.24, 2.45) is 0 Å². The fraction of sp³-hybridized carbons (Fsp3) is 0.583. The van der Waals surface area contributed by atoms with Crippen molar-refractivity contribution in [1.82, 2.24) is 9.97 Å². The molecule has 0 spiro atoms. The third-order valence-corrected chi connectivity index (χ3v) is 8.41. The van der Waals surface area contributed by atoms with Gasteiger partial charge in [-0.25, -0.2) is 9.97 Å². The highest BCUT2D eigenvalue weighted by atomic mass is 32.1. The molecule has 0 aliphatic rings. The minimum Gasteiger partial charge on any atom is -0.240 e. The van der Waals surface area contributed by atoms with Gasteiger partial charge in [0, 0.05) is 10.8 Å². The van der Waals surface area contributed by atoms with Gasteiger partial charge in [-0.2, -0.15) is 0 Å². The molecule has 0 N–H and O–H groups in total. The highest BCUT2D eigenvalue weighted by Crippen LogP contribution is 2.37. The van der Waals surface area contributed by atoms with Gasteiger partial charge < -0.3 is 0 Å². The van der Waals surface area contributed by atoms with Crippen LogP contribution in [0.25, 0.3) is 19.8 Å². The van der Waals surface area contributed by atoms with Gasteiger partial charge in [0.15, 0.2) is 0 Å². The summed E-state index contributed by atoms with van der Waals surface area (Å²) in [6.07, 6.45) is 15.5. The first kappa shape index (κ1) is 22.6. The van der Waals surface area contributed by atoms with Crippen molar-refractivity contribution in [2.75, 3.05) is 0 Å². The molecule has 29 heavy (non-hydrogen) atoms. The largest absolute Gasteiger partial charge is 0.240 e. The van der Waals surface area contributed by atoms with E-state index in [2.05, 4.69) is 36.7 Å². The van der Waals surface area contributed by atoms with Crippen molar-refractivity contribution in [3.05, 3.63) is 34.3 Å². The first-order valence-electron chi connectivity index (χ1n) is 11.3. The van der Waals surface area contributed by atoms with Crippen molar-refractivity contribution in [2.45, 2.75) is 90.9 Å². The third-order valence-electron chi connectivity index (χ3n) is 5.20. The Bertz CT molecular complexity index is 764. The van der Waals surface area contributed by atoms with Crippen LogP contribution in [0.4, 0.5) is 0 Å². The second-order valence-corrected chi connectivity index (χ2v) is 10.6. The summed E-state index contributed by atoms with van der Waals surface area (Å²) in [5, 5.41) is 6.82. The molecule has 0 aliphatic carbocycles. The highest BCUT2D eigenvalue weighted by Gasteiger charge is 2.12. The van der Waals surface area contributed by atoms with Crippen LogP contribution < -0.4 is 0 Å². The van der Waals surface area contributed by atoms with Crippen LogP contribution in [0.5, 0.6) is 0 Å². The number of thiophene rings is 1. The highest BCUT2D eigenvalue weighted by molar-refractivity contribution is 7.25. The van der Waals surface area contributed by atoms with Crippen molar-refractivity contribution in [1.29, 1.82) is 0 Å². The Balaban J connectivity index is 1.50. The monoisotopic (exact) mass is 446 g/mol. The fourth-order valence-corrected chi connectivity index (χ4v) is 6.32. The number of rotatable bonds is 14. The number of aromatic nitrogens is 2. The lowest BCUT2D eigenvalue weighted by molar-refractivity contribution is 0.629. The van der Waals surface area contributed by atoms with E-state index in [9.17, 15) is 0 Å². The minimum atomic E-state index is 1.12. The van der Waals surface area contributed by atoms with Crippen LogP contribution in [0, 0.1) is 0 Å². The number of hydrogen-bond donors (Lipinski definition) is 0. The van der Waals surface area contributed by atoms with Gasteiger partial charge in [-0.05, 0) is 37.8 Å². The molecule has 2 nitrogen and oxygen atoms in total. The summed E-state index contributed by atoms with van der Waals surface area (Å²) in [5.74, 6) is 0. The molecule has 0 saturated heterocycles. The zero-order valence-electron chi connectivity index (χ0n) is 17.9. The maximum absolute atomic E-state index is 4.89. The summed E-state index contributed by atoms with van der Waals surface area (Å²) < 4.78 is 0. The van der Waals surface area contributed by atoms with Crippen molar-refractivity contribution in [3.63, 3.8) is 0 Å². The molecule has 0 aromatic carbocycles. The SMILES string of the molecule is CCCCCCCc1csc(-c2ccc(-c3nc(CCCCCCC)cs3)s2)n1. The molecular formula is C24H34N2S3. The average molecular weight is 447 g/mol. The first-order chi connectivity index (χ1) is 14.3. The second kappa shape index (κ2) is 12.6. The Hall–Kier alpha value is -1.04. The van der Waals surface area contributed by atoms with Gasteiger partial charge in [-0.15, -0.1) is 34.0 Å². The molecule has 3 rings (SSSR count). The van der Waals surface area contributed by atoms with Crippen LogP contribution >= 0.6 is 34.0 Å². The number of unbranched alkanes of at least 4 members (excludes halogenated alkanes) is 8. The number of aryl methyl sites for hydroxylation is 2. The van der Waals surface area contributed by atoms with E-state index in [1.54, 1.807) is 22.7 Å². The van der Waals surface area contributed by atoms with Crippen LogP contribution in [0.2, 0.25) is 0 Å². The molecule has 3 aromatic heterocycles. The molecule has 158 valence electrons. The van der Waals surface area contributed by atoms with Crippen LogP contribution in [0.15, 0.2) is 22.9 Å². The average Bonchev–Trinajstić information content (AvgIpc) is 3.47. The third kappa shape index (κ3) is 7.30. The molecule has 3 heterocycles. The summed E-state index contributed by atoms with van der Waals surface area (Å²) in [6.45, 7) is 4.53. The molecule has 0 unspecified atom stereocenters. The molecule has 3 aromatic rings. The molecule has 0 saturated carbocycles. The van der Waals surface area contributed by atoms with Gasteiger partial charge in [0.2, 0.25) is 0 Å². The van der Waals surface area contributed by atoms with E-state index in [4.69, 9.17) is 9.97 Å². The van der Waals surface area contributed by atoms with Gasteiger partial charge in [-0.3, -0.25) is 0 Å². The Kier molecular flexibility index (Phi) is 9.84. The maximum Gasteiger partial charge on any atom is 0.133 e. The number of nitrogens with zero attached hydrogens (tertiary/aromatic N) is 2. The van der Waals surface area contributed by atoms with E-state index in [0.717, 1.165) is 22.9 Å². The van der Waals surface area contributed by atoms with Crippen LogP contribution in [0.3, 0.4) is 0 Å². The predicted molar refractivity (Wildman–Crippen MR) is 131 cm³/mol. The van der Waals surface area contributed by atoms with Crippen LogP contribution in [-0.2, 0) is 12.8 Å². The van der Waals surface area contributed by atoms with Crippen LogP contribution in [0.1, 0.15) is 89.4 Å². The van der Waals surface area contributed by atoms with Gasteiger partial charge in [0.25, 0.3) is 0 Å².